The molecule has 1 aromatic carbocycles. The molecule has 1 aliphatic rings. The normalized spacial score (nSPS) is 14.0. The van der Waals surface area contributed by atoms with Gasteiger partial charge in [-0.05, 0) is 25.0 Å². The highest BCUT2D eigenvalue weighted by atomic mass is 16.4. The molecule has 0 aliphatic carbocycles. The van der Waals surface area contributed by atoms with Gasteiger partial charge in [0.15, 0.2) is 0 Å². The monoisotopic (exact) mass is 336 g/mol. The Morgan fingerprint density at radius 3 is 2.60 bits per heavy atom. The van der Waals surface area contributed by atoms with E-state index in [9.17, 15) is 9.59 Å². The van der Waals surface area contributed by atoms with Crippen molar-refractivity contribution in [2.75, 3.05) is 23.3 Å². The fourth-order valence-corrected chi connectivity index (χ4v) is 2.88. The largest absolute Gasteiger partial charge is 0.422 e. The molecule has 4 rings (SSSR count). The standard InChI is InChI=1S/C18H16N4O3/c23-16(14-9-12-5-1-2-6-15(12)25-17(14)24)21-13-10-19-18(20-11-13)22-7-3-4-8-22/h1-2,5-6,9-11H,3-4,7-8H2,(H,21,23). The lowest BCUT2D eigenvalue weighted by molar-refractivity contribution is 0.102. The maximum atomic E-state index is 12.4. The van der Waals surface area contributed by atoms with E-state index in [2.05, 4.69) is 20.2 Å². The van der Waals surface area contributed by atoms with Gasteiger partial charge in [0.1, 0.15) is 11.1 Å². The topological polar surface area (TPSA) is 88.3 Å². The predicted molar refractivity (Wildman–Crippen MR) is 93.9 cm³/mol. The van der Waals surface area contributed by atoms with Gasteiger partial charge in [0.2, 0.25) is 5.95 Å². The number of amides is 1. The Morgan fingerprint density at radius 2 is 1.84 bits per heavy atom. The zero-order chi connectivity index (χ0) is 17.2. The van der Waals surface area contributed by atoms with Crippen LogP contribution in [-0.2, 0) is 0 Å². The quantitative estimate of drug-likeness (QED) is 0.739. The number of hydrogen-bond donors (Lipinski definition) is 1. The first kappa shape index (κ1) is 15.3. The summed E-state index contributed by atoms with van der Waals surface area (Å²) in [5, 5.41) is 3.33. The highest BCUT2D eigenvalue weighted by Crippen LogP contribution is 2.17. The van der Waals surface area contributed by atoms with Crippen LogP contribution in [0.2, 0.25) is 0 Å². The third-order valence-corrected chi connectivity index (χ3v) is 4.17. The molecule has 126 valence electrons. The van der Waals surface area contributed by atoms with Crippen LogP contribution in [0.3, 0.4) is 0 Å². The molecule has 7 nitrogen and oxygen atoms in total. The number of aromatic nitrogens is 2. The van der Waals surface area contributed by atoms with E-state index in [0.29, 0.717) is 22.6 Å². The van der Waals surface area contributed by atoms with Gasteiger partial charge in [-0.15, -0.1) is 0 Å². The summed E-state index contributed by atoms with van der Waals surface area (Å²) in [5.41, 5.74) is 0.149. The summed E-state index contributed by atoms with van der Waals surface area (Å²) in [7, 11) is 0. The number of anilines is 2. The highest BCUT2D eigenvalue weighted by molar-refractivity contribution is 6.05. The Bertz CT molecular complexity index is 976. The fraction of sp³-hybridized carbons (Fsp3) is 0.222. The molecule has 2 aromatic heterocycles. The highest BCUT2D eigenvalue weighted by Gasteiger charge is 2.16. The van der Waals surface area contributed by atoms with E-state index in [-0.39, 0.29) is 5.56 Å². The summed E-state index contributed by atoms with van der Waals surface area (Å²) in [4.78, 5) is 35.1. The van der Waals surface area contributed by atoms with E-state index in [4.69, 9.17) is 4.42 Å². The molecule has 1 N–H and O–H groups in total. The summed E-state index contributed by atoms with van der Waals surface area (Å²) in [5.74, 6) is 0.109. The SMILES string of the molecule is O=C(Nc1cnc(N2CCCC2)nc1)c1cc2ccccc2oc1=O. The minimum Gasteiger partial charge on any atom is -0.422 e. The maximum absolute atomic E-state index is 12.4. The molecule has 25 heavy (non-hydrogen) atoms. The van der Waals surface area contributed by atoms with Crippen LogP contribution in [0.4, 0.5) is 11.6 Å². The van der Waals surface area contributed by atoms with E-state index >= 15 is 0 Å². The van der Waals surface area contributed by atoms with E-state index in [1.54, 1.807) is 30.6 Å². The molecule has 7 heteroatoms. The minimum atomic E-state index is -0.675. The molecule has 1 amide bonds. The molecule has 0 spiro atoms. The molecule has 1 fully saturated rings. The molecular weight excluding hydrogens is 320 g/mol. The van der Waals surface area contributed by atoms with Gasteiger partial charge < -0.3 is 14.6 Å². The molecule has 0 radical (unpaired) electrons. The van der Waals surface area contributed by atoms with Gasteiger partial charge in [0.25, 0.3) is 5.91 Å². The zero-order valence-corrected chi connectivity index (χ0v) is 13.4. The summed E-state index contributed by atoms with van der Waals surface area (Å²) in [6.07, 6.45) is 5.36. The number of nitrogens with zero attached hydrogens (tertiary/aromatic N) is 3. The van der Waals surface area contributed by atoms with Crippen molar-refractivity contribution in [1.82, 2.24) is 9.97 Å². The second-order valence-corrected chi connectivity index (χ2v) is 5.91. The van der Waals surface area contributed by atoms with Crippen molar-refractivity contribution in [3.05, 3.63) is 58.7 Å². The molecule has 1 saturated heterocycles. The Labute approximate surface area is 143 Å². The fourth-order valence-electron chi connectivity index (χ4n) is 2.88. The second-order valence-electron chi connectivity index (χ2n) is 5.91. The lowest BCUT2D eigenvalue weighted by atomic mass is 10.2. The molecule has 3 heterocycles. The van der Waals surface area contributed by atoms with Gasteiger partial charge in [0.05, 0.1) is 18.1 Å². The lowest BCUT2D eigenvalue weighted by Gasteiger charge is -2.14. The Hall–Kier alpha value is -3.22. The summed E-state index contributed by atoms with van der Waals surface area (Å²) < 4.78 is 5.18. The van der Waals surface area contributed by atoms with Crippen LogP contribution >= 0.6 is 0 Å². The average Bonchev–Trinajstić information content (AvgIpc) is 3.16. The van der Waals surface area contributed by atoms with Crippen LogP contribution in [0.5, 0.6) is 0 Å². The van der Waals surface area contributed by atoms with Gasteiger partial charge in [-0.25, -0.2) is 14.8 Å². The summed E-state index contributed by atoms with van der Waals surface area (Å²) in [6.45, 7) is 1.90. The number of hydrogen-bond acceptors (Lipinski definition) is 6. The van der Waals surface area contributed by atoms with Gasteiger partial charge in [-0.3, -0.25) is 4.79 Å². The van der Waals surface area contributed by atoms with Crippen LogP contribution < -0.4 is 15.8 Å². The van der Waals surface area contributed by atoms with Crippen molar-refractivity contribution >= 4 is 28.5 Å². The van der Waals surface area contributed by atoms with E-state index in [0.717, 1.165) is 25.9 Å². The number of para-hydroxylation sites is 1. The number of nitrogens with one attached hydrogen (secondary N) is 1. The van der Waals surface area contributed by atoms with Crippen molar-refractivity contribution < 1.29 is 9.21 Å². The van der Waals surface area contributed by atoms with Crippen molar-refractivity contribution in [1.29, 1.82) is 0 Å². The van der Waals surface area contributed by atoms with E-state index in [1.807, 2.05) is 6.07 Å². The Balaban J connectivity index is 1.55. The number of fused-ring (bicyclic) bond motifs is 1. The van der Waals surface area contributed by atoms with Crippen molar-refractivity contribution in [2.45, 2.75) is 12.8 Å². The van der Waals surface area contributed by atoms with Gasteiger partial charge in [-0.1, -0.05) is 18.2 Å². The third kappa shape index (κ3) is 3.08. The minimum absolute atomic E-state index is 0.0534. The first-order valence-corrected chi connectivity index (χ1v) is 8.12. The van der Waals surface area contributed by atoms with Crippen LogP contribution in [0, 0.1) is 0 Å². The van der Waals surface area contributed by atoms with Gasteiger partial charge in [-0.2, -0.15) is 0 Å². The van der Waals surface area contributed by atoms with Crippen LogP contribution in [0.15, 0.2) is 51.9 Å². The predicted octanol–water partition coefficient (Wildman–Crippen LogP) is 2.44. The van der Waals surface area contributed by atoms with Crippen molar-refractivity contribution in [3.8, 4) is 0 Å². The maximum Gasteiger partial charge on any atom is 0.349 e. The Kier molecular flexibility index (Phi) is 3.89. The molecule has 3 aromatic rings. The smallest absolute Gasteiger partial charge is 0.349 e. The number of carbonyl (C=O) groups excluding carboxylic acids is 1. The van der Waals surface area contributed by atoms with Crippen LogP contribution in [-0.4, -0.2) is 29.0 Å². The van der Waals surface area contributed by atoms with Crippen molar-refractivity contribution in [2.24, 2.45) is 0 Å². The van der Waals surface area contributed by atoms with Crippen LogP contribution in [0.1, 0.15) is 23.2 Å². The van der Waals surface area contributed by atoms with Crippen molar-refractivity contribution in [3.63, 3.8) is 0 Å². The van der Waals surface area contributed by atoms with Gasteiger partial charge in [0, 0.05) is 18.5 Å². The second kappa shape index (κ2) is 6.35. The molecule has 0 bridgehead atoms. The molecule has 1 aliphatic heterocycles. The number of carbonyl (C=O) groups is 1. The number of rotatable bonds is 3. The summed E-state index contributed by atoms with van der Waals surface area (Å²) in [6, 6.07) is 8.57. The first-order chi connectivity index (χ1) is 12.2. The first-order valence-electron chi connectivity index (χ1n) is 8.12. The third-order valence-electron chi connectivity index (χ3n) is 4.17. The average molecular weight is 336 g/mol. The molecule has 0 unspecified atom stereocenters. The number of benzene rings is 1. The van der Waals surface area contributed by atoms with Gasteiger partial charge >= 0.3 is 5.63 Å². The van der Waals surface area contributed by atoms with Crippen LogP contribution in [0.25, 0.3) is 11.0 Å². The van der Waals surface area contributed by atoms with E-state index in [1.165, 1.54) is 6.07 Å². The zero-order valence-electron chi connectivity index (χ0n) is 13.4. The van der Waals surface area contributed by atoms with E-state index < -0.39 is 11.5 Å². The molecular formula is C18H16N4O3. The Morgan fingerprint density at radius 1 is 1.12 bits per heavy atom. The summed E-state index contributed by atoms with van der Waals surface area (Å²) >= 11 is 0. The molecule has 0 atom stereocenters. The molecule has 0 saturated carbocycles. The lowest BCUT2D eigenvalue weighted by Crippen LogP contribution is -2.22.